The first-order valence-electron chi connectivity index (χ1n) is 22.1. The molecule has 2 N–H and O–H groups in total. The van der Waals surface area contributed by atoms with Crippen molar-refractivity contribution < 1.29 is 33.7 Å². The number of ether oxygens (including phenoxy) is 2. The number of aliphatic carboxylic acids is 2. The van der Waals surface area contributed by atoms with Crippen LogP contribution in [-0.2, 0) is 9.59 Å². The van der Waals surface area contributed by atoms with Gasteiger partial charge in [-0.05, 0) is 126 Å². The van der Waals surface area contributed by atoms with E-state index in [9.17, 15) is 14.0 Å². The zero-order valence-corrected chi connectivity index (χ0v) is 40.5. The molecule has 0 saturated heterocycles. The van der Waals surface area contributed by atoms with Crippen molar-refractivity contribution in [3.63, 3.8) is 0 Å². The molecule has 334 valence electrons. The summed E-state index contributed by atoms with van der Waals surface area (Å²) >= 11 is 3.03. The number of carboxylic acid groups (broad SMARTS) is 2. The van der Waals surface area contributed by atoms with Crippen molar-refractivity contribution in [2.24, 2.45) is 0 Å². The summed E-state index contributed by atoms with van der Waals surface area (Å²) in [7, 11) is 0. The van der Waals surface area contributed by atoms with Crippen LogP contribution >= 0.6 is 22.7 Å². The highest BCUT2D eigenvalue weighted by Gasteiger charge is 2.23. The van der Waals surface area contributed by atoms with Crippen LogP contribution in [-0.4, -0.2) is 35.4 Å². The van der Waals surface area contributed by atoms with Gasteiger partial charge in [0.15, 0.2) is 0 Å². The average molecular weight is 891 g/mol. The molecule has 2 aromatic heterocycles. The number of halogens is 1. The number of carbonyl (C=O) groups is 2. The molecule has 0 radical (unpaired) electrons. The summed E-state index contributed by atoms with van der Waals surface area (Å²) in [6.45, 7) is 26.5. The Balaban J connectivity index is 0.000000238. The van der Waals surface area contributed by atoms with Crippen LogP contribution in [0.4, 0.5) is 4.39 Å². The van der Waals surface area contributed by atoms with E-state index in [0.29, 0.717) is 41.8 Å². The number of hydrogen-bond donors (Lipinski definition) is 2. The number of rotatable bonds is 16. The number of allylic oxidation sites excluding steroid dienone is 2. The van der Waals surface area contributed by atoms with Gasteiger partial charge in [-0.2, -0.15) is 4.39 Å². The molecule has 0 bridgehead atoms. The Morgan fingerprint density at radius 1 is 0.619 bits per heavy atom. The molecule has 0 aliphatic carbocycles. The molecule has 0 aliphatic heterocycles. The molecule has 0 aliphatic rings. The minimum atomic E-state index is -1.54. The summed E-state index contributed by atoms with van der Waals surface area (Å²) in [5.74, 6) is -0.288. The fraction of sp³-hybridized carbons (Fsp3) is 0.370. The van der Waals surface area contributed by atoms with E-state index in [0.717, 1.165) is 77.2 Å². The summed E-state index contributed by atoms with van der Waals surface area (Å²) < 4.78 is 28.9. The van der Waals surface area contributed by atoms with E-state index in [1.165, 1.54) is 46.6 Å². The Labute approximate surface area is 381 Å². The molecule has 0 amide bonds. The lowest BCUT2D eigenvalue weighted by atomic mass is 9.88. The van der Waals surface area contributed by atoms with E-state index in [2.05, 4.69) is 124 Å². The van der Waals surface area contributed by atoms with Gasteiger partial charge in [0.1, 0.15) is 11.5 Å². The third kappa shape index (κ3) is 11.3. The highest BCUT2D eigenvalue weighted by molar-refractivity contribution is 7.20. The predicted octanol–water partition coefficient (Wildman–Crippen LogP) is 16.5. The Morgan fingerprint density at radius 2 is 1.05 bits per heavy atom. The summed E-state index contributed by atoms with van der Waals surface area (Å²) in [6.07, 6.45) is 3.14. The van der Waals surface area contributed by atoms with Crippen LogP contribution in [0.5, 0.6) is 11.5 Å². The summed E-state index contributed by atoms with van der Waals surface area (Å²) in [5, 5.41) is 20.3. The van der Waals surface area contributed by atoms with Crippen molar-refractivity contribution in [1.29, 1.82) is 0 Å². The molecule has 4 aromatic carbocycles. The lowest BCUT2D eigenvalue weighted by Gasteiger charge is -2.21. The maximum Gasteiger partial charge on any atom is 0.365 e. The minimum Gasteiger partial charge on any atom is -0.493 e. The predicted molar refractivity (Wildman–Crippen MR) is 265 cm³/mol. The second-order valence-corrected chi connectivity index (χ2v) is 19.5. The van der Waals surface area contributed by atoms with Crippen LogP contribution in [0.15, 0.2) is 84.7 Å². The van der Waals surface area contributed by atoms with Crippen molar-refractivity contribution in [3.8, 4) is 33.8 Å². The molecule has 0 saturated carbocycles. The van der Waals surface area contributed by atoms with Gasteiger partial charge in [-0.1, -0.05) is 106 Å². The molecule has 6 aromatic rings. The average Bonchev–Trinajstić information content (AvgIpc) is 3.89. The van der Waals surface area contributed by atoms with Gasteiger partial charge in [-0.15, -0.1) is 22.7 Å². The first-order chi connectivity index (χ1) is 29.9. The topological polar surface area (TPSA) is 93.1 Å². The van der Waals surface area contributed by atoms with Gasteiger partial charge in [-0.25, -0.2) is 9.59 Å². The molecule has 6 rings (SSSR count). The van der Waals surface area contributed by atoms with Gasteiger partial charge in [-0.3, -0.25) is 0 Å². The zero-order valence-electron chi connectivity index (χ0n) is 38.9. The van der Waals surface area contributed by atoms with Crippen molar-refractivity contribution in [3.05, 3.63) is 117 Å². The van der Waals surface area contributed by atoms with Crippen LogP contribution < -0.4 is 9.47 Å². The van der Waals surface area contributed by atoms with E-state index in [1.807, 2.05) is 25.1 Å². The molecule has 0 atom stereocenters. The molecular weight excluding hydrogens is 828 g/mol. The Kier molecular flexibility index (Phi) is 16.6. The molecule has 63 heavy (non-hydrogen) atoms. The lowest BCUT2D eigenvalue weighted by Crippen LogP contribution is -2.04. The standard InChI is InChI=1S/C27H31FO3S.C27H32O3S/c1-7-11-31-26-20(16(4)5)12-18(15(2)3)13-22(26)19-9-8-10-23-21(19)14-24(32-23)17(6)25(28)27(29)30;1-7-11-30-27-21(17(4)5)13-19(16(2)3)14-23(27)20-9-8-10-24-22(20)15-25(31-24)18(6)12-26(28)29/h8-10,12-16H,7,11H2,1-6H3,(H,29,30);8-10,12-17H,7,11H2,1-6H3,(H,28,29). The molecule has 6 nitrogen and oxygen atoms in total. The van der Waals surface area contributed by atoms with Gasteiger partial charge >= 0.3 is 11.9 Å². The van der Waals surface area contributed by atoms with Gasteiger partial charge < -0.3 is 19.7 Å². The number of fused-ring (bicyclic) bond motifs is 2. The maximum absolute atomic E-state index is 14.1. The quantitative estimate of drug-likeness (QED) is 0.0941. The smallest absolute Gasteiger partial charge is 0.365 e. The van der Waals surface area contributed by atoms with Crippen LogP contribution in [0.1, 0.15) is 152 Å². The second kappa shape index (κ2) is 21.4. The van der Waals surface area contributed by atoms with Crippen LogP contribution in [0.2, 0.25) is 0 Å². The highest BCUT2D eigenvalue weighted by Crippen LogP contribution is 2.46. The number of carboxylic acids is 2. The highest BCUT2D eigenvalue weighted by atomic mass is 32.1. The van der Waals surface area contributed by atoms with E-state index < -0.39 is 17.8 Å². The Hall–Kier alpha value is -5.25. The monoisotopic (exact) mass is 890 g/mol. The maximum atomic E-state index is 14.1. The molecule has 9 heteroatoms. The molecule has 2 heterocycles. The van der Waals surface area contributed by atoms with Gasteiger partial charge in [0.05, 0.1) is 13.2 Å². The largest absolute Gasteiger partial charge is 0.493 e. The van der Waals surface area contributed by atoms with Gasteiger partial charge in [0, 0.05) is 52.7 Å². The van der Waals surface area contributed by atoms with Gasteiger partial charge in [0.25, 0.3) is 0 Å². The van der Waals surface area contributed by atoms with Crippen LogP contribution in [0.25, 0.3) is 53.6 Å². The fourth-order valence-corrected chi connectivity index (χ4v) is 9.64. The SMILES string of the molecule is CCCOc1c(-c2cccc3sc(C(C)=C(F)C(=O)O)cc23)cc(C(C)C)cc1C(C)C.CCCOc1c(-c2cccc3sc(C(C)=CC(=O)O)cc23)cc(C(C)C)cc1C(C)C. The first kappa shape index (κ1) is 48.8. The first-order valence-corrected chi connectivity index (χ1v) is 23.7. The minimum absolute atomic E-state index is 0.144. The number of benzene rings is 4. The number of hydrogen-bond acceptors (Lipinski definition) is 6. The van der Waals surface area contributed by atoms with Crippen molar-refractivity contribution >= 4 is 65.9 Å². The molecule has 0 spiro atoms. The molecule has 0 fully saturated rings. The van der Waals surface area contributed by atoms with Crippen LogP contribution in [0.3, 0.4) is 0 Å². The molecule has 0 unspecified atom stereocenters. The van der Waals surface area contributed by atoms with Crippen LogP contribution in [0, 0.1) is 0 Å². The number of thiophene rings is 2. The van der Waals surface area contributed by atoms with Crippen molar-refractivity contribution in [2.45, 2.75) is 120 Å². The van der Waals surface area contributed by atoms with Gasteiger partial charge in [0.2, 0.25) is 5.83 Å². The summed E-state index contributed by atoms with van der Waals surface area (Å²) in [6, 6.07) is 25.4. The summed E-state index contributed by atoms with van der Waals surface area (Å²) in [5.41, 5.74) is 10.2. The Bertz CT molecular complexity index is 2660. The molecular formula is C54H63FO6S2. The van der Waals surface area contributed by atoms with Crippen molar-refractivity contribution in [2.75, 3.05) is 13.2 Å². The second-order valence-electron chi connectivity index (χ2n) is 17.4. The summed E-state index contributed by atoms with van der Waals surface area (Å²) in [4.78, 5) is 23.9. The third-order valence-corrected chi connectivity index (χ3v) is 13.5. The normalized spacial score (nSPS) is 12.4. The third-order valence-electron chi connectivity index (χ3n) is 11.1. The van der Waals surface area contributed by atoms with E-state index in [-0.39, 0.29) is 5.57 Å². The zero-order chi connectivity index (χ0) is 46.3. The van der Waals surface area contributed by atoms with Crippen molar-refractivity contribution in [1.82, 2.24) is 0 Å². The lowest BCUT2D eigenvalue weighted by molar-refractivity contribution is -0.134. The Morgan fingerprint density at radius 3 is 1.43 bits per heavy atom. The van der Waals surface area contributed by atoms with E-state index in [1.54, 1.807) is 11.3 Å². The van der Waals surface area contributed by atoms with E-state index >= 15 is 0 Å². The fourth-order valence-electron chi connectivity index (χ4n) is 7.50. The van der Waals surface area contributed by atoms with E-state index in [4.69, 9.17) is 19.7 Å².